The molecule has 1 aromatic rings. The highest BCUT2D eigenvalue weighted by molar-refractivity contribution is 5.81. The number of amides is 1. The zero-order valence-electron chi connectivity index (χ0n) is 11.5. The number of likely N-dealkylation sites (N-methyl/N-ethyl adjacent to an activating group) is 1. The van der Waals surface area contributed by atoms with Gasteiger partial charge in [0.15, 0.2) is 0 Å². The van der Waals surface area contributed by atoms with E-state index in [1.165, 1.54) is 4.90 Å². The van der Waals surface area contributed by atoms with E-state index in [1.807, 2.05) is 6.92 Å². The number of carbonyl (C=O) groups excluding carboxylic acids is 1. The van der Waals surface area contributed by atoms with Gasteiger partial charge in [0.25, 0.3) is 0 Å². The van der Waals surface area contributed by atoms with Crippen LogP contribution in [0.1, 0.15) is 38.3 Å². The molecule has 0 radical (unpaired) electrons. The Morgan fingerprint density at radius 3 is 2.63 bits per heavy atom. The zero-order chi connectivity index (χ0) is 14.6. The minimum Gasteiger partial charge on any atom is -0.338 e. The van der Waals surface area contributed by atoms with Crippen molar-refractivity contribution in [3.8, 4) is 0 Å². The normalized spacial score (nSPS) is 14.0. The van der Waals surface area contributed by atoms with Crippen LogP contribution in [0.15, 0.2) is 18.2 Å². The van der Waals surface area contributed by atoms with Gasteiger partial charge in [0.2, 0.25) is 5.91 Å². The Kier molecular flexibility index (Phi) is 5.42. The minimum absolute atomic E-state index is 0.152. The number of nitrogens with two attached hydrogens (primary N) is 1. The molecular formula is C14H20F2N2O. The first-order chi connectivity index (χ1) is 8.88. The highest BCUT2D eigenvalue weighted by Crippen LogP contribution is 2.23. The molecular weight excluding hydrogens is 250 g/mol. The van der Waals surface area contributed by atoms with Crippen LogP contribution in [0.2, 0.25) is 0 Å². The van der Waals surface area contributed by atoms with Crippen molar-refractivity contribution >= 4 is 5.91 Å². The molecule has 0 aliphatic carbocycles. The summed E-state index contributed by atoms with van der Waals surface area (Å²) in [6.45, 7) is 3.58. The van der Waals surface area contributed by atoms with Gasteiger partial charge in [-0.2, -0.15) is 0 Å². The predicted octanol–water partition coefficient (Wildman–Crippen LogP) is 2.61. The van der Waals surface area contributed by atoms with Gasteiger partial charge in [0, 0.05) is 12.6 Å². The fraction of sp³-hybridized carbons (Fsp3) is 0.500. The van der Waals surface area contributed by atoms with Crippen molar-refractivity contribution in [3.63, 3.8) is 0 Å². The van der Waals surface area contributed by atoms with E-state index in [-0.39, 0.29) is 11.5 Å². The molecule has 1 aromatic carbocycles. The summed E-state index contributed by atoms with van der Waals surface area (Å²) in [5.41, 5.74) is 5.91. The van der Waals surface area contributed by atoms with Crippen LogP contribution < -0.4 is 5.73 Å². The third kappa shape index (κ3) is 3.73. The molecule has 5 heteroatoms. The summed E-state index contributed by atoms with van der Waals surface area (Å²) in [4.78, 5) is 13.4. The van der Waals surface area contributed by atoms with E-state index in [1.54, 1.807) is 14.0 Å². The maximum atomic E-state index is 13.7. The number of nitrogens with zero attached hydrogens (tertiary/aromatic N) is 1. The maximum Gasteiger partial charge on any atom is 0.239 e. The van der Waals surface area contributed by atoms with E-state index >= 15 is 0 Å². The van der Waals surface area contributed by atoms with Crippen molar-refractivity contribution in [3.05, 3.63) is 35.4 Å². The van der Waals surface area contributed by atoms with E-state index in [4.69, 9.17) is 5.73 Å². The average Bonchev–Trinajstić information content (AvgIpc) is 2.39. The van der Waals surface area contributed by atoms with Gasteiger partial charge < -0.3 is 10.6 Å². The van der Waals surface area contributed by atoms with Crippen LogP contribution in [0, 0.1) is 11.6 Å². The van der Waals surface area contributed by atoms with Crippen molar-refractivity contribution in [2.24, 2.45) is 5.73 Å². The average molecular weight is 270 g/mol. The lowest BCUT2D eigenvalue weighted by Crippen LogP contribution is -2.42. The molecule has 19 heavy (non-hydrogen) atoms. The monoisotopic (exact) mass is 270 g/mol. The van der Waals surface area contributed by atoms with Crippen molar-refractivity contribution in [2.45, 2.75) is 38.8 Å². The maximum absolute atomic E-state index is 13.7. The summed E-state index contributed by atoms with van der Waals surface area (Å²) in [5.74, 6) is -1.32. The second-order valence-electron chi connectivity index (χ2n) is 4.69. The topological polar surface area (TPSA) is 46.3 Å². The minimum atomic E-state index is -0.603. The second-order valence-corrected chi connectivity index (χ2v) is 4.69. The Morgan fingerprint density at radius 2 is 2.05 bits per heavy atom. The Balaban J connectivity index is 2.90. The Hall–Kier alpha value is -1.49. The van der Waals surface area contributed by atoms with E-state index in [2.05, 4.69) is 0 Å². The van der Waals surface area contributed by atoms with Gasteiger partial charge in [0.05, 0.1) is 12.1 Å². The van der Waals surface area contributed by atoms with Crippen LogP contribution >= 0.6 is 0 Å². The molecule has 0 bridgehead atoms. The number of rotatable bonds is 5. The smallest absolute Gasteiger partial charge is 0.239 e. The van der Waals surface area contributed by atoms with Gasteiger partial charge in [-0.3, -0.25) is 4.79 Å². The lowest BCUT2D eigenvalue weighted by molar-refractivity contribution is -0.133. The fourth-order valence-electron chi connectivity index (χ4n) is 1.93. The number of carbonyl (C=O) groups is 1. The molecule has 0 spiro atoms. The van der Waals surface area contributed by atoms with Crippen LogP contribution in [0.25, 0.3) is 0 Å². The van der Waals surface area contributed by atoms with Gasteiger partial charge in [-0.25, -0.2) is 8.78 Å². The van der Waals surface area contributed by atoms with E-state index < -0.39 is 23.7 Å². The third-order valence-electron chi connectivity index (χ3n) is 3.25. The summed E-state index contributed by atoms with van der Waals surface area (Å²) in [7, 11) is 1.55. The summed E-state index contributed by atoms with van der Waals surface area (Å²) in [6.07, 6.45) is 1.37. The van der Waals surface area contributed by atoms with E-state index in [9.17, 15) is 13.6 Å². The Morgan fingerprint density at radius 1 is 1.42 bits per heavy atom. The molecule has 0 aliphatic heterocycles. The lowest BCUT2D eigenvalue weighted by Gasteiger charge is -2.28. The van der Waals surface area contributed by atoms with Gasteiger partial charge in [-0.1, -0.05) is 13.3 Å². The molecule has 106 valence electrons. The van der Waals surface area contributed by atoms with Gasteiger partial charge in [0.1, 0.15) is 11.6 Å². The number of benzene rings is 1. The molecule has 1 rings (SSSR count). The van der Waals surface area contributed by atoms with Crippen molar-refractivity contribution < 1.29 is 13.6 Å². The summed E-state index contributed by atoms with van der Waals surface area (Å²) < 4.78 is 26.8. The van der Waals surface area contributed by atoms with Crippen molar-refractivity contribution in [2.75, 3.05) is 7.05 Å². The van der Waals surface area contributed by atoms with Crippen LogP contribution in [0.5, 0.6) is 0 Å². The molecule has 0 aromatic heterocycles. The largest absolute Gasteiger partial charge is 0.338 e. The van der Waals surface area contributed by atoms with Crippen LogP contribution in [-0.2, 0) is 4.79 Å². The lowest BCUT2D eigenvalue weighted by atomic mass is 10.0. The second kappa shape index (κ2) is 6.61. The van der Waals surface area contributed by atoms with Crippen molar-refractivity contribution in [1.82, 2.24) is 4.90 Å². The Bertz CT molecular complexity index is 451. The standard InChI is InChI=1S/C14H20F2N2O/c1-4-5-13(17)14(19)18(3)9(2)11-8-10(15)6-7-12(11)16/h6-9,13H,4-5,17H2,1-3H3. The van der Waals surface area contributed by atoms with Crippen LogP contribution in [0.4, 0.5) is 8.78 Å². The molecule has 2 unspecified atom stereocenters. The highest BCUT2D eigenvalue weighted by atomic mass is 19.1. The molecule has 0 fully saturated rings. The summed E-state index contributed by atoms with van der Waals surface area (Å²) >= 11 is 0. The van der Waals surface area contributed by atoms with Crippen LogP contribution in [0.3, 0.4) is 0 Å². The molecule has 0 aliphatic rings. The number of hydrogen-bond acceptors (Lipinski definition) is 2. The molecule has 1 amide bonds. The number of halogens is 2. The Labute approximate surface area is 112 Å². The van der Waals surface area contributed by atoms with E-state index in [0.717, 1.165) is 24.6 Å². The van der Waals surface area contributed by atoms with Gasteiger partial charge >= 0.3 is 0 Å². The molecule has 0 saturated carbocycles. The predicted molar refractivity (Wildman–Crippen MR) is 70.4 cm³/mol. The summed E-state index contributed by atoms with van der Waals surface area (Å²) in [5, 5.41) is 0. The molecule has 2 atom stereocenters. The van der Waals surface area contributed by atoms with Crippen molar-refractivity contribution in [1.29, 1.82) is 0 Å². The van der Waals surface area contributed by atoms with Gasteiger partial charge in [-0.05, 0) is 31.5 Å². The van der Waals surface area contributed by atoms with Gasteiger partial charge in [-0.15, -0.1) is 0 Å². The highest BCUT2D eigenvalue weighted by Gasteiger charge is 2.24. The first-order valence-corrected chi connectivity index (χ1v) is 6.35. The number of hydrogen-bond donors (Lipinski definition) is 1. The molecule has 0 heterocycles. The SMILES string of the molecule is CCCC(N)C(=O)N(C)C(C)c1cc(F)ccc1F. The summed E-state index contributed by atoms with van der Waals surface area (Å²) in [6, 6.07) is 2.05. The van der Waals surface area contributed by atoms with E-state index in [0.29, 0.717) is 6.42 Å². The third-order valence-corrected chi connectivity index (χ3v) is 3.25. The van der Waals surface area contributed by atoms with Crippen LogP contribution in [-0.4, -0.2) is 23.9 Å². The molecule has 0 saturated heterocycles. The zero-order valence-corrected chi connectivity index (χ0v) is 11.5. The first kappa shape index (κ1) is 15.6. The molecule has 3 nitrogen and oxygen atoms in total. The quantitative estimate of drug-likeness (QED) is 0.894. The molecule has 2 N–H and O–H groups in total. The fourth-order valence-corrected chi connectivity index (χ4v) is 1.93. The first-order valence-electron chi connectivity index (χ1n) is 6.35.